The van der Waals surface area contributed by atoms with E-state index in [2.05, 4.69) is 22.1 Å². The van der Waals surface area contributed by atoms with Crippen molar-refractivity contribution < 1.29 is 14.7 Å². The molecule has 1 amide bonds. The van der Waals surface area contributed by atoms with E-state index in [1.165, 1.54) is 12.1 Å². The highest BCUT2D eigenvalue weighted by atomic mass is 16.4. The maximum Gasteiger partial charge on any atom is 0.335 e. The average Bonchev–Trinajstić information content (AvgIpc) is 3.01. The van der Waals surface area contributed by atoms with Crippen LogP contribution in [0.1, 0.15) is 46.2 Å². The number of carboxylic acid groups (broad SMARTS) is 1. The average molecular weight is 339 g/mol. The molecule has 0 saturated carbocycles. The van der Waals surface area contributed by atoms with Crippen LogP contribution < -0.4 is 10.2 Å². The lowest BCUT2D eigenvalue weighted by Crippen LogP contribution is -2.28. The molecule has 1 aliphatic heterocycles. The molecule has 0 radical (unpaired) electrons. The summed E-state index contributed by atoms with van der Waals surface area (Å²) in [6.07, 6.45) is 2.27. The highest BCUT2D eigenvalue weighted by molar-refractivity contribution is 6.03. The zero-order valence-electron chi connectivity index (χ0n) is 14.3. The van der Waals surface area contributed by atoms with Gasteiger partial charge in [-0.2, -0.15) is 0 Å². The Bertz CT molecular complexity index is 802. The largest absolute Gasteiger partial charge is 0.478 e. The number of nitrogens with zero attached hydrogens (tertiary/aromatic N) is 2. The highest BCUT2D eigenvalue weighted by Crippen LogP contribution is 2.25. The van der Waals surface area contributed by atoms with Gasteiger partial charge >= 0.3 is 5.97 Å². The van der Waals surface area contributed by atoms with Gasteiger partial charge in [-0.1, -0.05) is 0 Å². The highest BCUT2D eigenvalue weighted by Gasteiger charge is 2.23. The van der Waals surface area contributed by atoms with Gasteiger partial charge < -0.3 is 15.3 Å². The van der Waals surface area contributed by atoms with E-state index < -0.39 is 5.97 Å². The maximum atomic E-state index is 12.5. The third kappa shape index (κ3) is 3.79. The molecule has 3 rings (SSSR count). The Balaban J connectivity index is 1.79. The van der Waals surface area contributed by atoms with Crippen molar-refractivity contribution in [2.75, 3.05) is 16.8 Å². The molecule has 1 aromatic carbocycles. The summed E-state index contributed by atoms with van der Waals surface area (Å²) in [6.45, 7) is 5.07. The lowest BCUT2D eigenvalue weighted by atomic mass is 10.2. The van der Waals surface area contributed by atoms with Crippen molar-refractivity contribution in [1.29, 1.82) is 0 Å². The van der Waals surface area contributed by atoms with Crippen LogP contribution in [-0.2, 0) is 0 Å². The molecule has 0 aliphatic carbocycles. The molecule has 25 heavy (non-hydrogen) atoms. The van der Waals surface area contributed by atoms with E-state index in [4.69, 9.17) is 5.11 Å². The molecular weight excluding hydrogens is 318 g/mol. The minimum Gasteiger partial charge on any atom is -0.478 e. The molecule has 2 N–H and O–H groups in total. The molecular formula is C19H21N3O3. The number of aromatic nitrogens is 1. The Morgan fingerprint density at radius 3 is 2.56 bits per heavy atom. The summed E-state index contributed by atoms with van der Waals surface area (Å²) >= 11 is 0. The van der Waals surface area contributed by atoms with E-state index in [0.29, 0.717) is 17.4 Å². The van der Waals surface area contributed by atoms with Crippen LogP contribution in [0.3, 0.4) is 0 Å². The molecule has 6 nitrogen and oxygen atoms in total. The van der Waals surface area contributed by atoms with Crippen molar-refractivity contribution in [1.82, 2.24) is 4.98 Å². The number of carboxylic acids is 1. The Labute approximate surface area is 146 Å². The maximum absolute atomic E-state index is 12.5. The van der Waals surface area contributed by atoms with Gasteiger partial charge in [-0.25, -0.2) is 9.78 Å². The van der Waals surface area contributed by atoms with E-state index in [0.717, 1.165) is 30.8 Å². The van der Waals surface area contributed by atoms with Crippen LogP contribution in [-0.4, -0.2) is 34.6 Å². The zero-order chi connectivity index (χ0) is 18.0. The standard InChI is InChI=1S/C19H21N3O3/c1-12-10-16(21-17(11-12)22-9-3-4-13(22)2)18(23)20-15-7-5-14(6-8-15)19(24)25/h5-8,10-11,13H,3-4,9H2,1-2H3,(H,20,23)(H,24,25)/t13-/m0/s1. The van der Waals surface area contributed by atoms with E-state index >= 15 is 0 Å². The summed E-state index contributed by atoms with van der Waals surface area (Å²) in [7, 11) is 0. The molecule has 2 heterocycles. The van der Waals surface area contributed by atoms with Crippen LogP contribution in [0.15, 0.2) is 36.4 Å². The molecule has 0 spiro atoms. The van der Waals surface area contributed by atoms with Crippen LogP contribution in [0.4, 0.5) is 11.5 Å². The smallest absolute Gasteiger partial charge is 0.335 e. The summed E-state index contributed by atoms with van der Waals surface area (Å²) in [5, 5.41) is 11.7. The van der Waals surface area contributed by atoms with Crippen molar-refractivity contribution in [2.24, 2.45) is 0 Å². The SMILES string of the molecule is Cc1cc(C(=O)Nc2ccc(C(=O)O)cc2)nc(N2CCC[C@@H]2C)c1. The minimum absolute atomic E-state index is 0.178. The lowest BCUT2D eigenvalue weighted by molar-refractivity contribution is 0.0696. The number of hydrogen-bond donors (Lipinski definition) is 2. The van der Waals surface area contributed by atoms with Crippen LogP contribution in [0.5, 0.6) is 0 Å². The molecule has 2 aromatic rings. The first-order chi connectivity index (χ1) is 11.9. The number of anilines is 2. The quantitative estimate of drug-likeness (QED) is 0.893. The molecule has 1 aliphatic rings. The molecule has 1 fully saturated rings. The van der Waals surface area contributed by atoms with Crippen LogP contribution in [0, 0.1) is 6.92 Å². The monoisotopic (exact) mass is 339 g/mol. The Morgan fingerprint density at radius 1 is 1.24 bits per heavy atom. The van der Waals surface area contributed by atoms with Crippen molar-refractivity contribution >= 4 is 23.4 Å². The van der Waals surface area contributed by atoms with Crippen molar-refractivity contribution in [3.05, 3.63) is 53.2 Å². The van der Waals surface area contributed by atoms with Gasteiger partial charge in [0.1, 0.15) is 11.5 Å². The second-order valence-electron chi connectivity index (χ2n) is 6.41. The topological polar surface area (TPSA) is 82.5 Å². The first-order valence-corrected chi connectivity index (χ1v) is 8.34. The normalized spacial score (nSPS) is 16.7. The number of nitrogens with one attached hydrogen (secondary N) is 1. The molecule has 1 aromatic heterocycles. The summed E-state index contributed by atoms with van der Waals surface area (Å²) in [5.74, 6) is -0.473. The van der Waals surface area contributed by atoms with Gasteiger partial charge in [-0.05, 0) is 68.7 Å². The molecule has 130 valence electrons. The summed E-state index contributed by atoms with van der Waals surface area (Å²) in [5.41, 5.74) is 2.05. The number of rotatable bonds is 4. The number of amides is 1. The van der Waals surface area contributed by atoms with Crippen LogP contribution >= 0.6 is 0 Å². The molecule has 0 unspecified atom stereocenters. The number of benzene rings is 1. The van der Waals surface area contributed by atoms with Gasteiger partial charge in [0.15, 0.2) is 0 Å². The van der Waals surface area contributed by atoms with Crippen LogP contribution in [0.2, 0.25) is 0 Å². The third-order valence-corrected chi connectivity index (χ3v) is 4.43. The van der Waals surface area contributed by atoms with E-state index in [1.807, 2.05) is 13.0 Å². The van der Waals surface area contributed by atoms with Gasteiger partial charge in [-0.3, -0.25) is 4.79 Å². The Morgan fingerprint density at radius 2 is 1.96 bits per heavy atom. The van der Waals surface area contributed by atoms with Gasteiger partial charge in [0, 0.05) is 18.3 Å². The second kappa shape index (κ2) is 6.93. The van der Waals surface area contributed by atoms with Crippen molar-refractivity contribution in [3.63, 3.8) is 0 Å². The summed E-state index contributed by atoms with van der Waals surface area (Å²) in [4.78, 5) is 30.2. The molecule has 1 atom stereocenters. The minimum atomic E-state index is -0.998. The number of hydrogen-bond acceptors (Lipinski definition) is 4. The van der Waals surface area contributed by atoms with E-state index in [-0.39, 0.29) is 11.5 Å². The lowest BCUT2D eigenvalue weighted by Gasteiger charge is -2.23. The number of carbonyl (C=O) groups is 2. The number of carbonyl (C=O) groups excluding carboxylic acids is 1. The first kappa shape index (κ1) is 17.0. The summed E-state index contributed by atoms with van der Waals surface area (Å²) < 4.78 is 0. The zero-order valence-corrected chi connectivity index (χ0v) is 14.3. The number of aromatic carboxylic acids is 1. The van der Waals surface area contributed by atoms with Crippen molar-refractivity contribution in [2.45, 2.75) is 32.7 Å². The van der Waals surface area contributed by atoms with Crippen molar-refractivity contribution in [3.8, 4) is 0 Å². The summed E-state index contributed by atoms with van der Waals surface area (Å²) in [6, 6.07) is 10.2. The van der Waals surface area contributed by atoms with Crippen LogP contribution in [0.25, 0.3) is 0 Å². The third-order valence-electron chi connectivity index (χ3n) is 4.43. The predicted octanol–water partition coefficient (Wildman–Crippen LogP) is 3.33. The molecule has 6 heteroatoms. The van der Waals surface area contributed by atoms with Gasteiger partial charge in [0.05, 0.1) is 5.56 Å². The van der Waals surface area contributed by atoms with Gasteiger partial charge in [-0.15, -0.1) is 0 Å². The van der Waals surface area contributed by atoms with Gasteiger partial charge in [0.2, 0.25) is 0 Å². The number of aryl methyl sites for hydroxylation is 1. The fourth-order valence-corrected chi connectivity index (χ4v) is 3.08. The van der Waals surface area contributed by atoms with E-state index in [1.54, 1.807) is 18.2 Å². The fraction of sp³-hybridized carbons (Fsp3) is 0.316. The fourth-order valence-electron chi connectivity index (χ4n) is 3.08. The predicted molar refractivity (Wildman–Crippen MR) is 96.4 cm³/mol. The molecule has 1 saturated heterocycles. The number of pyridine rings is 1. The molecule has 0 bridgehead atoms. The first-order valence-electron chi connectivity index (χ1n) is 8.34. The second-order valence-corrected chi connectivity index (χ2v) is 6.41. The Hall–Kier alpha value is -2.89. The Kier molecular flexibility index (Phi) is 4.70. The van der Waals surface area contributed by atoms with Gasteiger partial charge in [0.25, 0.3) is 5.91 Å². The van der Waals surface area contributed by atoms with E-state index in [9.17, 15) is 9.59 Å².